The minimum absolute atomic E-state index is 0.491. The molecule has 2 rings (SSSR count). The van der Waals surface area contributed by atoms with Crippen molar-refractivity contribution in [2.24, 2.45) is 13.0 Å². The number of hydrogen-bond donors (Lipinski definition) is 1. The summed E-state index contributed by atoms with van der Waals surface area (Å²) in [7, 11) is 2.05. The fourth-order valence-electron chi connectivity index (χ4n) is 3.07. The molecule has 96 valence electrons. The van der Waals surface area contributed by atoms with Crippen LogP contribution in [0.25, 0.3) is 0 Å². The molecule has 0 amide bonds. The molecule has 1 aliphatic rings. The number of nitrogens with zero attached hydrogens (tertiary/aromatic N) is 2. The van der Waals surface area contributed by atoms with Crippen LogP contribution in [0.4, 0.5) is 0 Å². The van der Waals surface area contributed by atoms with Crippen molar-refractivity contribution in [3.8, 4) is 0 Å². The van der Waals surface area contributed by atoms with Crippen molar-refractivity contribution in [1.82, 2.24) is 15.1 Å². The molecule has 3 heteroatoms. The lowest BCUT2D eigenvalue weighted by Crippen LogP contribution is -2.30. The summed E-state index contributed by atoms with van der Waals surface area (Å²) in [6, 6.07) is 2.66. The first-order valence-corrected chi connectivity index (χ1v) is 7.04. The summed E-state index contributed by atoms with van der Waals surface area (Å²) in [5.41, 5.74) is 1.35. The average Bonchev–Trinajstić information content (AvgIpc) is 2.60. The normalized spacial score (nSPS) is 20.1. The van der Waals surface area contributed by atoms with Gasteiger partial charge in [-0.1, -0.05) is 32.6 Å². The molecule has 0 bridgehead atoms. The maximum absolute atomic E-state index is 4.31. The Bertz CT molecular complexity index is 324. The Labute approximate surface area is 105 Å². The van der Waals surface area contributed by atoms with Gasteiger partial charge >= 0.3 is 0 Å². The van der Waals surface area contributed by atoms with Crippen LogP contribution < -0.4 is 5.32 Å². The molecule has 1 aromatic rings. The van der Waals surface area contributed by atoms with E-state index in [-0.39, 0.29) is 0 Å². The summed E-state index contributed by atoms with van der Waals surface area (Å²) in [6.45, 7) is 3.23. The van der Waals surface area contributed by atoms with Gasteiger partial charge in [-0.25, -0.2) is 0 Å². The van der Waals surface area contributed by atoms with Gasteiger partial charge in [-0.3, -0.25) is 4.68 Å². The van der Waals surface area contributed by atoms with Crippen LogP contribution in [0.1, 0.15) is 57.2 Å². The van der Waals surface area contributed by atoms with E-state index in [2.05, 4.69) is 30.5 Å². The van der Waals surface area contributed by atoms with Crippen molar-refractivity contribution in [1.29, 1.82) is 0 Å². The lowest BCUT2D eigenvalue weighted by atomic mass is 9.89. The Balaban J connectivity index is 2.13. The van der Waals surface area contributed by atoms with Gasteiger partial charge in [0.05, 0.1) is 11.7 Å². The molecule has 1 unspecified atom stereocenters. The Kier molecular flexibility index (Phi) is 4.60. The topological polar surface area (TPSA) is 29.9 Å². The molecule has 0 radical (unpaired) electrons. The Morgan fingerprint density at radius 3 is 2.59 bits per heavy atom. The van der Waals surface area contributed by atoms with Gasteiger partial charge in [0.2, 0.25) is 0 Å². The summed E-state index contributed by atoms with van der Waals surface area (Å²) in [5, 5.41) is 7.98. The lowest BCUT2D eigenvalue weighted by Gasteiger charge is -2.27. The first-order valence-electron chi connectivity index (χ1n) is 7.04. The number of aryl methyl sites for hydroxylation is 1. The fourth-order valence-corrected chi connectivity index (χ4v) is 3.07. The Hall–Kier alpha value is -0.830. The molecular weight excluding hydrogens is 210 g/mol. The number of nitrogens with one attached hydrogen (secondary N) is 1. The molecule has 3 nitrogen and oxygen atoms in total. The zero-order chi connectivity index (χ0) is 12.1. The molecule has 0 saturated heterocycles. The van der Waals surface area contributed by atoms with E-state index >= 15 is 0 Å². The summed E-state index contributed by atoms with van der Waals surface area (Å²) in [6.07, 6.45) is 10.3. The molecule has 1 fully saturated rings. The highest BCUT2D eigenvalue weighted by Crippen LogP contribution is 2.33. The van der Waals surface area contributed by atoms with Crippen LogP contribution in [0.2, 0.25) is 0 Å². The van der Waals surface area contributed by atoms with E-state index in [1.165, 1.54) is 44.2 Å². The van der Waals surface area contributed by atoms with E-state index in [0.717, 1.165) is 12.5 Å². The van der Waals surface area contributed by atoms with E-state index in [1.54, 1.807) is 0 Å². The zero-order valence-corrected chi connectivity index (χ0v) is 11.2. The predicted molar refractivity (Wildman–Crippen MR) is 70.8 cm³/mol. The standard InChI is InChI=1S/C14H25N3/c1-3-15-14(13-10-11-16-17(13)2)12-8-6-4-5-7-9-12/h10-12,14-15H,3-9H2,1-2H3. The van der Waals surface area contributed by atoms with Crippen molar-refractivity contribution in [3.05, 3.63) is 18.0 Å². The van der Waals surface area contributed by atoms with Gasteiger partial charge in [0.15, 0.2) is 0 Å². The maximum Gasteiger partial charge on any atom is 0.0553 e. The van der Waals surface area contributed by atoms with Crippen LogP contribution in [0.3, 0.4) is 0 Å². The second-order valence-electron chi connectivity index (χ2n) is 5.17. The second kappa shape index (κ2) is 6.20. The zero-order valence-electron chi connectivity index (χ0n) is 11.2. The Morgan fingerprint density at radius 2 is 2.06 bits per heavy atom. The van der Waals surface area contributed by atoms with Gasteiger partial charge in [0.1, 0.15) is 0 Å². The summed E-state index contributed by atoms with van der Waals surface area (Å²) >= 11 is 0. The lowest BCUT2D eigenvalue weighted by molar-refractivity contribution is 0.316. The van der Waals surface area contributed by atoms with Crippen molar-refractivity contribution < 1.29 is 0 Å². The van der Waals surface area contributed by atoms with Crippen LogP contribution in [-0.4, -0.2) is 16.3 Å². The third-order valence-electron chi connectivity index (χ3n) is 3.97. The molecule has 0 aromatic carbocycles. The minimum atomic E-state index is 0.491. The van der Waals surface area contributed by atoms with Crippen molar-refractivity contribution in [2.45, 2.75) is 51.5 Å². The summed E-state index contributed by atoms with van der Waals surface area (Å²) in [5.74, 6) is 0.785. The quantitative estimate of drug-likeness (QED) is 0.813. The SMILES string of the molecule is CCNC(c1ccnn1C)C1CCCCCC1. The van der Waals surface area contributed by atoms with Gasteiger partial charge in [-0.05, 0) is 31.4 Å². The van der Waals surface area contributed by atoms with Crippen molar-refractivity contribution >= 4 is 0 Å². The fraction of sp³-hybridized carbons (Fsp3) is 0.786. The third-order valence-corrected chi connectivity index (χ3v) is 3.97. The van der Waals surface area contributed by atoms with E-state index in [9.17, 15) is 0 Å². The molecule has 17 heavy (non-hydrogen) atoms. The van der Waals surface area contributed by atoms with E-state index in [0.29, 0.717) is 6.04 Å². The van der Waals surface area contributed by atoms with Gasteiger partial charge in [0, 0.05) is 13.2 Å². The first kappa shape index (κ1) is 12.6. The van der Waals surface area contributed by atoms with Crippen LogP contribution in [0.5, 0.6) is 0 Å². The Morgan fingerprint density at radius 1 is 1.35 bits per heavy atom. The van der Waals surface area contributed by atoms with Gasteiger partial charge in [0.25, 0.3) is 0 Å². The number of aromatic nitrogens is 2. The summed E-state index contributed by atoms with van der Waals surface area (Å²) in [4.78, 5) is 0. The van der Waals surface area contributed by atoms with Crippen molar-refractivity contribution in [3.63, 3.8) is 0 Å². The smallest absolute Gasteiger partial charge is 0.0553 e. The predicted octanol–water partition coefficient (Wildman–Crippen LogP) is 3.04. The molecule has 1 heterocycles. The van der Waals surface area contributed by atoms with Crippen LogP contribution in [-0.2, 0) is 7.05 Å². The molecule has 1 aliphatic carbocycles. The van der Waals surface area contributed by atoms with Crippen LogP contribution in [0, 0.1) is 5.92 Å². The van der Waals surface area contributed by atoms with Gasteiger partial charge in [-0.15, -0.1) is 0 Å². The summed E-state index contributed by atoms with van der Waals surface area (Å²) < 4.78 is 2.03. The molecule has 1 N–H and O–H groups in total. The highest BCUT2D eigenvalue weighted by molar-refractivity contribution is 5.08. The minimum Gasteiger partial charge on any atom is -0.309 e. The highest BCUT2D eigenvalue weighted by Gasteiger charge is 2.25. The monoisotopic (exact) mass is 235 g/mol. The largest absolute Gasteiger partial charge is 0.309 e. The third kappa shape index (κ3) is 3.09. The second-order valence-corrected chi connectivity index (χ2v) is 5.17. The van der Waals surface area contributed by atoms with Gasteiger partial charge in [-0.2, -0.15) is 5.10 Å². The van der Waals surface area contributed by atoms with Crippen LogP contribution in [0.15, 0.2) is 12.3 Å². The molecule has 0 spiro atoms. The van der Waals surface area contributed by atoms with E-state index in [1.807, 2.05) is 10.9 Å². The van der Waals surface area contributed by atoms with E-state index in [4.69, 9.17) is 0 Å². The molecule has 1 atom stereocenters. The first-order chi connectivity index (χ1) is 8.33. The molecule has 1 saturated carbocycles. The number of hydrogen-bond acceptors (Lipinski definition) is 2. The van der Waals surface area contributed by atoms with Crippen molar-refractivity contribution in [2.75, 3.05) is 6.54 Å². The number of rotatable bonds is 4. The molecular formula is C14H25N3. The maximum atomic E-state index is 4.31. The van der Waals surface area contributed by atoms with Crippen LogP contribution >= 0.6 is 0 Å². The van der Waals surface area contributed by atoms with Gasteiger partial charge < -0.3 is 5.32 Å². The highest BCUT2D eigenvalue weighted by atomic mass is 15.3. The molecule has 1 aromatic heterocycles. The molecule has 0 aliphatic heterocycles. The average molecular weight is 235 g/mol. The van der Waals surface area contributed by atoms with E-state index < -0.39 is 0 Å².